The summed E-state index contributed by atoms with van der Waals surface area (Å²) in [6.45, 7) is 2.17. The molecule has 0 unspecified atom stereocenters. The van der Waals surface area contributed by atoms with Gasteiger partial charge in [-0.05, 0) is 31.2 Å². The molecule has 1 aliphatic heterocycles. The molecule has 0 spiro atoms. The SMILES string of the molecule is COC(=O)c1ccc(Cl)c(S(=O)(=O)N2CCCNCC2)c1. The number of methoxy groups -OCH3 is 1. The van der Waals surface area contributed by atoms with Crippen LogP contribution in [0.4, 0.5) is 0 Å². The van der Waals surface area contributed by atoms with Crippen molar-refractivity contribution in [3.8, 4) is 0 Å². The van der Waals surface area contributed by atoms with E-state index < -0.39 is 16.0 Å². The van der Waals surface area contributed by atoms with Crippen LogP contribution in [0.15, 0.2) is 23.1 Å². The third kappa shape index (κ3) is 3.55. The number of carbonyl (C=O) groups excluding carboxylic acids is 1. The molecule has 6 nitrogen and oxygen atoms in total. The highest BCUT2D eigenvalue weighted by Gasteiger charge is 2.28. The highest BCUT2D eigenvalue weighted by Crippen LogP contribution is 2.26. The summed E-state index contributed by atoms with van der Waals surface area (Å²) in [6, 6.07) is 4.11. The zero-order chi connectivity index (χ0) is 15.5. The molecular formula is C13H17ClN2O4S. The van der Waals surface area contributed by atoms with Crippen molar-refractivity contribution in [2.45, 2.75) is 11.3 Å². The van der Waals surface area contributed by atoms with Crippen molar-refractivity contribution in [3.63, 3.8) is 0 Å². The van der Waals surface area contributed by atoms with Gasteiger partial charge in [-0.25, -0.2) is 13.2 Å². The second kappa shape index (κ2) is 6.74. The van der Waals surface area contributed by atoms with Crippen molar-refractivity contribution in [1.29, 1.82) is 0 Å². The Labute approximate surface area is 129 Å². The third-order valence-corrected chi connectivity index (χ3v) is 5.65. The van der Waals surface area contributed by atoms with Crippen LogP contribution in [0.5, 0.6) is 0 Å². The van der Waals surface area contributed by atoms with E-state index in [1.807, 2.05) is 0 Å². The van der Waals surface area contributed by atoms with Gasteiger partial charge in [0.1, 0.15) is 4.90 Å². The first-order valence-electron chi connectivity index (χ1n) is 6.55. The maximum Gasteiger partial charge on any atom is 0.337 e. The van der Waals surface area contributed by atoms with Gasteiger partial charge in [-0.15, -0.1) is 0 Å². The lowest BCUT2D eigenvalue weighted by molar-refractivity contribution is 0.0600. The molecule has 1 aromatic rings. The van der Waals surface area contributed by atoms with Gasteiger partial charge in [-0.1, -0.05) is 11.6 Å². The quantitative estimate of drug-likeness (QED) is 0.839. The molecule has 8 heteroatoms. The van der Waals surface area contributed by atoms with Gasteiger partial charge in [0.05, 0.1) is 17.7 Å². The molecule has 1 N–H and O–H groups in total. The molecule has 0 saturated carbocycles. The predicted molar refractivity (Wildman–Crippen MR) is 79.0 cm³/mol. The topological polar surface area (TPSA) is 75.7 Å². The molecule has 1 heterocycles. The molecule has 1 aromatic carbocycles. The first-order valence-corrected chi connectivity index (χ1v) is 8.37. The lowest BCUT2D eigenvalue weighted by Gasteiger charge is -2.20. The monoisotopic (exact) mass is 332 g/mol. The average Bonchev–Trinajstić information content (AvgIpc) is 2.76. The van der Waals surface area contributed by atoms with Gasteiger partial charge < -0.3 is 10.1 Å². The van der Waals surface area contributed by atoms with Crippen molar-refractivity contribution in [1.82, 2.24) is 9.62 Å². The van der Waals surface area contributed by atoms with Crippen molar-refractivity contribution in [3.05, 3.63) is 28.8 Å². The number of carbonyl (C=O) groups is 1. The summed E-state index contributed by atoms with van der Waals surface area (Å²) in [4.78, 5) is 11.5. The number of sulfonamides is 1. The van der Waals surface area contributed by atoms with Crippen LogP contribution in [-0.4, -0.2) is 52.0 Å². The number of hydrogen-bond acceptors (Lipinski definition) is 5. The van der Waals surface area contributed by atoms with Crippen molar-refractivity contribution in [2.24, 2.45) is 0 Å². The van der Waals surface area contributed by atoms with Gasteiger partial charge in [0.25, 0.3) is 0 Å². The summed E-state index contributed by atoms with van der Waals surface area (Å²) in [7, 11) is -2.49. The molecular weight excluding hydrogens is 316 g/mol. The maximum absolute atomic E-state index is 12.7. The largest absolute Gasteiger partial charge is 0.465 e. The number of esters is 1. The average molecular weight is 333 g/mol. The third-order valence-electron chi connectivity index (χ3n) is 3.27. The summed E-state index contributed by atoms with van der Waals surface area (Å²) >= 11 is 6.02. The van der Waals surface area contributed by atoms with Crippen molar-refractivity contribution in [2.75, 3.05) is 33.3 Å². The van der Waals surface area contributed by atoms with E-state index in [-0.39, 0.29) is 15.5 Å². The second-order valence-corrected chi connectivity index (χ2v) is 6.96. The van der Waals surface area contributed by atoms with E-state index in [0.29, 0.717) is 19.6 Å². The second-order valence-electron chi connectivity index (χ2n) is 4.64. The summed E-state index contributed by atoms with van der Waals surface area (Å²) in [5.41, 5.74) is 0.161. The van der Waals surface area contributed by atoms with Crippen LogP contribution in [0, 0.1) is 0 Å². The summed E-state index contributed by atoms with van der Waals surface area (Å²) in [5, 5.41) is 3.24. The van der Waals surface area contributed by atoms with E-state index in [9.17, 15) is 13.2 Å². The minimum absolute atomic E-state index is 0.0611. The Hall–Kier alpha value is -1.15. The normalized spacial score (nSPS) is 17.2. The summed E-state index contributed by atoms with van der Waals surface area (Å²) in [5.74, 6) is -0.597. The minimum atomic E-state index is -3.73. The molecule has 2 rings (SSSR count). The molecule has 0 radical (unpaired) electrons. The molecule has 0 amide bonds. The summed E-state index contributed by atoms with van der Waals surface area (Å²) < 4.78 is 31.4. The Morgan fingerprint density at radius 1 is 1.33 bits per heavy atom. The van der Waals surface area contributed by atoms with Gasteiger partial charge in [0.2, 0.25) is 10.0 Å². The van der Waals surface area contributed by atoms with E-state index in [0.717, 1.165) is 13.0 Å². The molecule has 0 aromatic heterocycles. The molecule has 0 bridgehead atoms. The van der Waals surface area contributed by atoms with E-state index >= 15 is 0 Å². The van der Waals surface area contributed by atoms with E-state index in [4.69, 9.17) is 11.6 Å². The van der Waals surface area contributed by atoms with Gasteiger partial charge in [0, 0.05) is 19.6 Å². The van der Waals surface area contributed by atoms with E-state index in [1.165, 1.54) is 29.6 Å². The molecule has 116 valence electrons. The first-order chi connectivity index (χ1) is 9.96. The smallest absolute Gasteiger partial charge is 0.337 e. The molecule has 0 atom stereocenters. The van der Waals surface area contributed by atoms with Crippen LogP contribution in [0.25, 0.3) is 0 Å². The van der Waals surface area contributed by atoms with E-state index in [2.05, 4.69) is 10.1 Å². The Balaban J connectivity index is 2.40. The predicted octanol–water partition coefficient (Wildman–Crippen LogP) is 1.11. The molecule has 1 aliphatic rings. The van der Waals surface area contributed by atoms with Crippen molar-refractivity contribution < 1.29 is 17.9 Å². The van der Waals surface area contributed by atoms with E-state index in [1.54, 1.807) is 0 Å². The Kier molecular flexibility index (Phi) is 5.21. The van der Waals surface area contributed by atoms with Gasteiger partial charge in [0.15, 0.2) is 0 Å². The molecule has 1 fully saturated rings. The van der Waals surface area contributed by atoms with Crippen LogP contribution in [0.2, 0.25) is 5.02 Å². The fraction of sp³-hybridized carbons (Fsp3) is 0.462. The van der Waals surface area contributed by atoms with Crippen LogP contribution in [0.1, 0.15) is 16.8 Å². The lowest BCUT2D eigenvalue weighted by Crippen LogP contribution is -2.34. The van der Waals surface area contributed by atoms with Crippen molar-refractivity contribution >= 4 is 27.6 Å². The Morgan fingerprint density at radius 3 is 2.81 bits per heavy atom. The fourth-order valence-corrected chi connectivity index (χ4v) is 4.13. The minimum Gasteiger partial charge on any atom is -0.465 e. The number of ether oxygens (including phenoxy) is 1. The number of rotatable bonds is 3. The zero-order valence-electron chi connectivity index (χ0n) is 11.6. The molecule has 1 saturated heterocycles. The van der Waals surface area contributed by atoms with Crippen LogP contribution in [-0.2, 0) is 14.8 Å². The standard InChI is InChI=1S/C13H17ClN2O4S/c1-20-13(17)10-3-4-11(14)12(9-10)21(18,19)16-7-2-5-15-6-8-16/h3-4,9,15H,2,5-8H2,1H3. The van der Waals surface area contributed by atoms with Crippen LogP contribution < -0.4 is 5.32 Å². The number of nitrogens with one attached hydrogen (secondary N) is 1. The molecule has 21 heavy (non-hydrogen) atoms. The number of halogens is 1. The first kappa shape index (κ1) is 16.2. The highest BCUT2D eigenvalue weighted by molar-refractivity contribution is 7.89. The number of nitrogens with zero attached hydrogens (tertiary/aromatic N) is 1. The van der Waals surface area contributed by atoms with Gasteiger partial charge >= 0.3 is 5.97 Å². The zero-order valence-corrected chi connectivity index (χ0v) is 13.2. The number of benzene rings is 1. The molecule has 0 aliphatic carbocycles. The highest BCUT2D eigenvalue weighted by atomic mass is 35.5. The maximum atomic E-state index is 12.7. The lowest BCUT2D eigenvalue weighted by atomic mass is 10.2. The Morgan fingerprint density at radius 2 is 2.10 bits per heavy atom. The Bertz CT molecular complexity index is 625. The fourth-order valence-electron chi connectivity index (χ4n) is 2.15. The van der Waals surface area contributed by atoms with Crippen LogP contribution >= 0.6 is 11.6 Å². The number of hydrogen-bond donors (Lipinski definition) is 1. The van der Waals surface area contributed by atoms with Gasteiger partial charge in [-0.2, -0.15) is 4.31 Å². The van der Waals surface area contributed by atoms with Crippen LogP contribution in [0.3, 0.4) is 0 Å². The summed E-state index contributed by atoms with van der Waals surface area (Å²) in [6.07, 6.45) is 0.730. The van der Waals surface area contributed by atoms with Gasteiger partial charge in [-0.3, -0.25) is 0 Å².